The number of amides is 1. The molecule has 0 heterocycles. The molecule has 0 saturated carbocycles. The normalized spacial score (nSPS) is 12.0. The number of halogens is 1. The molecule has 2 aromatic carbocycles. The molecule has 0 aliphatic heterocycles. The second-order valence-corrected chi connectivity index (χ2v) is 5.94. The second kappa shape index (κ2) is 8.00. The maximum atomic E-state index is 12.2. The van der Waals surface area contributed by atoms with E-state index in [1.807, 2.05) is 24.3 Å². The van der Waals surface area contributed by atoms with Crippen LogP contribution < -0.4 is 5.32 Å². The van der Waals surface area contributed by atoms with Gasteiger partial charge < -0.3 is 5.32 Å². The van der Waals surface area contributed by atoms with Crippen molar-refractivity contribution in [3.05, 3.63) is 70.2 Å². The maximum absolute atomic E-state index is 12.2. The van der Waals surface area contributed by atoms with Gasteiger partial charge in [-0.05, 0) is 37.0 Å². The fraction of sp³-hybridized carbons (Fsp3) is 0.316. The van der Waals surface area contributed by atoms with E-state index in [2.05, 4.69) is 43.4 Å². The number of carbonyl (C=O) groups is 1. The zero-order valence-electron chi connectivity index (χ0n) is 13.1. The fourth-order valence-corrected chi connectivity index (χ4v) is 2.67. The molecule has 0 aromatic heterocycles. The van der Waals surface area contributed by atoms with Crippen LogP contribution in [0.25, 0.3) is 0 Å². The molecule has 0 bridgehead atoms. The highest BCUT2D eigenvalue weighted by atomic mass is 35.5. The average Bonchev–Trinajstić information content (AvgIpc) is 2.53. The minimum absolute atomic E-state index is 0.0624. The minimum Gasteiger partial charge on any atom is -0.349 e. The fourth-order valence-electron chi connectivity index (χ4n) is 2.44. The van der Waals surface area contributed by atoms with E-state index in [1.54, 1.807) is 0 Å². The molecule has 0 spiro atoms. The van der Waals surface area contributed by atoms with Crippen molar-refractivity contribution >= 4 is 17.5 Å². The number of hydrogen-bond donors (Lipinski definition) is 1. The highest BCUT2D eigenvalue weighted by Crippen LogP contribution is 2.19. The SMILES string of the molecule is CC[C@@H](NC(=O)CCc1ccccc1Cl)c1ccc(C)cc1. The van der Waals surface area contributed by atoms with E-state index in [4.69, 9.17) is 11.6 Å². The summed E-state index contributed by atoms with van der Waals surface area (Å²) in [6.45, 7) is 4.14. The maximum Gasteiger partial charge on any atom is 0.220 e. The first-order valence-electron chi connectivity index (χ1n) is 7.69. The zero-order chi connectivity index (χ0) is 15.9. The Morgan fingerprint density at radius 1 is 1.14 bits per heavy atom. The highest BCUT2D eigenvalue weighted by molar-refractivity contribution is 6.31. The van der Waals surface area contributed by atoms with Crippen LogP contribution in [-0.4, -0.2) is 5.91 Å². The van der Waals surface area contributed by atoms with E-state index in [0.29, 0.717) is 12.8 Å². The monoisotopic (exact) mass is 315 g/mol. The molecule has 1 atom stereocenters. The number of hydrogen-bond acceptors (Lipinski definition) is 1. The molecular formula is C19H22ClNO. The van der Waals surface area contributed by atoms with Gasteiger partial charge in [-0.15, -0.1) is 0 Å². The summed E-state index contributed by atoms with van der Waals surface area (Å²) < 4.78 is 0. The van der Waals surface area contributed by atoms with Crippen molar-refractivity contribution in [2.45, 2.75) is 39.2 Å². The summed E-state index contributed by atoms with van der Waals surface area (Å²) in [5, 5.41) is 3.83. The van der Waals surface area contributed by atoms with E-state index in [-0.39, 0.29) is 11.9 Å². The first kappa shape index (κ1) is 16.6. The largest absolute Gasteiger partial charge is 0.349 e. The van der Waals surface area contributed by atoms with Gasteiger partial charge in [-0.1, -0.05) is 66.6 Å². The third-order valence-electron chi connectivity index (χ3n) is 3.80. The van der Waals surface area contributed by atoms with Crippen LogP contribution in [0.1, 0.15) is 42.5 Å². The molecule has 1 N–H and O–H groups in total. The number of carbonyl (C=O) groups excluding carboxylic acids is 1. The van der Waals surface area contributed by atoms with Crippen molar-refractivity contribution in [2.24, 2.45) is 0 Å². The first-order valence-corrected chi connectivity index (χ1v) is 8.07. The Morgan fingerprint density at radius 3 is 2.45 bits per heavy atom. The van der Waals surface area contributed by atoms with Gasteiger partial charge in [-0.25, -0.2) is 0 Å². The Labute approximate surface area is 137 Å². The van der Waals surface area contributed by atoms with Crippen LogP contribution in [-0.2, 0) is 11.2 Å². The molecule has 0 saturated heterocycles. The van der Waals surface area contributed by atoms with Gasteiger partial charge in [0.1, 0.15) is 0 Å². The molecule has 1 amide bonds. The van der Waals surface area contributed by atoms with E-state index < -0.39 is 0 Å². The average molecular weight is 316 g/mol. The Balaban J connectivity index is 1.92. The van der Waals surface area contributed by atoms with E-state index in [0.717, 1.165) is 22.6 Å². The van der Waals surface area contributed by atoms with Crippen molar-refractivity contribution in [1.29, 1.82) is 0 Å². The zero-order valence-corrected chi connectivity index (χ0v) is 13.9. The quantitative estimate of drug-likeness (QED) is 0.811. The molecule has 116 valence electrons. The van der Waals surface area contributed by atoms with Gasteiger partial charge in [-0.3, -0.25) is 4.79 Å². The van der Waals surface area contributed by atoms with Gasteiger partial charge in [0.25, 0.3) is 0 Å². The lowest BCUT2D eigenvalue weighted by atomic mass is 10.0. The standard InChI is InChI=1S/C19H22ClNO/c1-3-18(16-10-8-14(2)9-11-16)21-19(22)13-12-15-6-4-5-7-17(15)20/h4-11,18H,3,12-13H2,1-2H3,(H,21,22)/t18-/m1/s1. The summed E-state index contributed by atoms with van der Waals surface area (Å²) in [7, 11) is 0. The van der Waals surface area contributed by atoms with E-state index in [9.17, 15) is 4.79 Å². The number of benzene rings is 2. The van der Waals surface area contributed by atoms with Crippen LogP contribution in [0.2, 0.25) is 5.02 Å². The van der Waals surface area contributed by atoms with Crippen molar-refractivity contribution < 1.29 is 4.79 Å². The van der Waals surface area contributed by atoms with Crippen molar-refractivity contribution in [3.63, 3.8) is 0 Å². The Hall–Kier alpha value is -1.80. The van der Waals surface area contributed by atoms with Crippen LogP contribution in [0.15, 0.2) is 48.5 Å². The summed E-state index contributed by atoms with van der Waals surface area (Å²) in [6, 6.07) is 16.1. The lowest BCUT2D eigenvalue weighted by Gasteiger charge is -2.18. The van der Waals surface area contributed by atoms with Crippen molar-refractivity contribution in [2.75, 3.05) is 0 Å². The molecule has 2 nitrogen and oxygen atoms in total. The molecule has 2 aromatic rings. The van der Waals surface area contributed by atoms with Gasteiger partial charge in [0.2, 0.25) is 5.91 Å². The molecule has 3 heteroatoms. The van der Waals surface area contributed by atoms with Crippen molar-refractivity contribution in [3.8, 4) is 0 Å². The molecule has 2 rings (SSSR count). The van der Waals surface area contributed by atoms with Crippen LogP contribution >= 0.6 is 11.6 Å². The van der Waals surface area contributed by atoms with Gasteiger partial charge >= 0.3 is 0 Å². The molecule has 0 aliphatic rings. The molecular weight excluding hydrogens is 294 g/mol. The van der Waals surface area contributed by atoms with Crippen LogP contribution in [0, 0.1) is 6.92 Å². The highest BCUT2D eigenvalue weighted by Gasteiger charge is 2.13. The smallest absolute Gasteiger partial charge is 0.220 e. The summed E-state index contributed by atoms with van der Waals surface area (Å²) in [4.78, 5) is 12.2. The number of aryl methyl sites for hydroxylation is 2. The number of rotatable bonds is 6. The summed E-state index contributed by atoms with van der Waals surface area (Å²) in [6.07, 6.45) is 1.99. The third kappa shape index (κ3) is 4.60. The van der Waals surface area contributed by atoms with Gasteiger partial charge in [0, 0.05) is 11.4 Å². The van der Waals surface area contributed by atoms with E-state index >= 15 is 0 Å². The lowest BCUT2D eigenvalue weighted by Crippen LogP contribution is -2.28. The molecule has 0 unspecified atom stereocenters. The molecule has 0 radical (unpaired) electrons. The minimum atomic E-state index is 0.0624. The van der Waals surface area contributed by atoms with Crippen LogP contribution in [0.4, 0.5) is 0 Å². The Bertz CT molecular complexity index is 622. The molecule has 22 heavy (non-hydrogen) atoms. The van der Waals surface area contributed by atoms with Crippen LogP contribution in [0.3, 0.4) is 0 Å². The summed E-state index contributed by atoms with van der Waals surface area (Å²) in [5.74, 6) is 0.0624. The van der Waals surface area contributed by atoms with E-state index in [1.165, 1.54) is 5.56 Å². The molecule has 0 aliphatic carbocycles. The summed E-state index contributed by atoms with van der Waals surface area (Å²) >= 11 is 6.12. The predicted molar refractivity (Wildman–Crippen MR) is 92.1 cm³/mol. The summed E-state index contributed by atoms with van der Waals surface area (Å²) in [5.41, 5.74) is 3.39. The second-order valence-electron chi connectivity index (χ2n) is 5.53. The van der Waals surface area contributed by atoms with Crippen LogP contribution in [0.5, 0.6) is 0 Å². The molecule has 0 fully saturated rings. The van der Waals surface area contributed by atoms with Crippen molar-refractivity contribution in [1.82, 2.24) is 5.32 Å². The Morgan fingerprint density at radius 2 is 1.82 bits per heavy atom. The topological polar surface area (TPSA) is 29.1 Å². The van der Waals surface area contributed by atoms with Gasteiger partial charge in [0.15, 0.2) is 0 Å². The first-order chi connectivity index (χ1) is 10.6. The van der Waals surface area contributed by atoms with Gasteiger partial charge in [-0.2, -0.15) is 0 Å². The number of nitrogens with one attached hydrogen (secondary N) is 1. The predicted octanol–water partition coefficient (Wildman–Crippen LogP) is 4.85. The third-order valence-corrected chi connectivity index (χ3v) is 4.17. The van der Waals surface area contributed by atoms with Gasteiger partial charge in [0.05, 0.1) is 6.04 Å². The Kier molecular flexibility index (Phi) is 6.02. The lowest BCUT2D eigenvalue weighted by molar-refractivity contribution is -0.121.